The number of benzene rings is 2. The molecule has 2 aromatic carbocycles. The highest BCUT2D eigenvalue weighted by Crippen LogP contribution is 2.36. The first-order chi connectivity index (χ1) is 13.3. The van der Waals surface area contributed by atoms with E-state index < -0.39 is 0 Å². The lowest BCUT2D eigenvalue weighted by atomic mass is 10.2. The molecule has 0 spiro atoms. The molecule has 6 heteroatoms. The summed E-state index contributed by atoms with van der Waals surface area (Å²) in [5, 5.41) is 1.05. The average Bonchev–Trinajstić information content (AvgIpc) is 3.42. The summed E-state index contributed by atoms with van der Waals surface area (Å²) in [6.45, 7) is 0.799. The van der Waals surface area contributed by atoms with E-state index in [1.54, 1.807) is 11.3 Å². The Kier molecular flexibility index (Phi) is 4.13. The van der Waals surface area contributed by atoms with Crippen LogP contribution in [-0.2, 0) is 11.2 Å². The molecule has 0 unspecified atom stereocenters. The van der Waals surface area contributed by atoms with Crippen molar-refractivity contribution in [2.24, 2.45) is 0 Å². The first-order valence-electron chi connectivity index (χ1n) is 9.27. The minimum absolute atomic E-state index is 0.0959. The third kappa shape index (κ3) is 3.10. The summed E-state index contributed by atoms with van der Waals surface area (Å²) < 4.78 is 6.92. The topological polar surface area (TPSA) is 59.2 Å². The van der Waals surface area contributed by atoms with Gasteiger partial charge >= 0.3 is 0 Å². The molecule has 1 aliphatic rings. The molecule has 5 rings (SSSR count). The smallest absolute Gasteiger partial charge is 0.223 e. The van der Waals surface area contributed by atoms with Gasteiger partial charge in [0.1, 0.15) is 10.5 Å². The molecular weight excluding hydrogens is 358 g/mol. The second kappa shape index (κ2) is 6.78. The van der Waals surface area contributed by atoms with Gasteiger partial charge in [-0.3, -0.25) is 4.79 Å². The third-order valence-corrected chi connectivity index (χ3v) is 6.20. The second-order valence-corrected chi connectivity index (χ2v) is 7.90. The highest BCUT2D eigenvalue weighted by Gasteiger charge is 2.32. The Labute approximate surface area is 160 Å². The first kappa shape index (κ1) is 16.4. The number of likely N-dealkylation sites (tertiary alicyclic amines) is 1. The van der Waals surface area contributed by atoms with Gasteiger partial charge in [-0.25, -0.2) is 9.97 Å². The van der Waals surface area contributed by atoms with Crippen LogP contribution in [-0.4, -0.2) is 27.3 Å². The number of para-hydroxylation sites is 3. The third-order valence-electron chi connectivity index (χ3n) is 5.06. The molecule has 0 saturated carbocycles. The first-order valence-corrected chi connectivity index (χ1v) is 10.1. The van der Waals surface area contributed by atoms with Crippen molar-refractivity contribution in [2.75, 3.05) is 6.54 Å². The van der Waals surface area contributed by atoms with E-state index in [0.29, 0.717) is 18.7 Å². The van der Waals surface area contributed by atoms with Crippen molar-refractivity contribution >= 4 is 38.6 Å². The number of amides is 1. The number of aromatic nitrogens is 2. The van der Waals surface area contributed by atoms with Crippen molar-refractivity contribution in [2.45, 2.75) is 31.7 Å². The number of nitrogens with zero attached hydrogens (tertiary/aromatic N) is 3. The SMILES string of the molecule is O=C(CCc1nc2ccccc2o1)N1CCC[C@H]1c1nc2ccccc2s1. The maximum atomic E-state index is 12.9. The van der Waals surface area contributed by atoms with Gasteiger partial charge in [0.15, 0.2) is 11.5 Å². The lowest BCUT2D eigenvalue weighted by Gasteiger charge is -2.22. The highest BCUT2D eigenvalue weighted by molar-refractivity contribution is 7.18. The molecule has 0 radical (unpaired) electrons. The summed E-state index contributed by atoms with van der Waals surface area (Å²) in [6.07, 6.45) is 2.94. The minimum atomic E-state index is 0.0959. The van der Waals surface area contributed by atoms with E-state index in [1.807, 2.05) is 47.4 Å². The predicted octanol–water partition coefficient (Wildman–Crippen LogP) is 4.73. The van der Waals surface area contributed by atoms with Crippen LogP contribution in [0.15, 0.2) is 52.9 Å². The molecule has 1 aliphatic heterocycles. The number of hydrogen-bond acceptors (Lipinski definition) is 5. The van der Waals surface area contributed by atoms with Gasteiger partial charge in [0.05, 0.1) is 16.3 Å². The average molecular weight is 377 g/mol. The fourth-order valence-electron chi connectivity index (χ4n) is 3.74. The van der Waals surface area contributed by atoms with Crippen LogP contribution < -0.4 is 0 Å². The number of hydrogen-bond donors (Lipinski definition) is 0. The van der Waals surface area contributed by atoms with Gasteiger partial charge in [0.2, 0.25) is 5.91 Å². The van der Waals surface area contributed by atoms with Crippen molar-refractivity contribution in [1.82, 2.24) is 14.9 Å². The maximum absolute atomic E-state index is 12.9. The van der Waals surface area contributed by atoms with Crippen molar-refractivity contribution in [3.05, 3.63) is 59.4 Å². The van der Waals surface area contributed by atoms with E-state index >= 15 is 0 Å². The second-order valence-electron chi connectivity index (χ2n) is 6.84. The molecule has 4 aromatic rings. The summed E-state index contributed by atoms with van der Waals surface area (Å²) in [5.41, 5.74) is 2.63. The Balaban J connectivity index is 1.31. The molecule has 1 saturated heterocycles. The number of carbonyl (C=O) groups is 1. The van der Waals surface area contributed by atoms with Crippen LogP contribution in [0.25, 0.3) is 21.3 Å². The van der Waals surface area contributed by atoms with E-state index in [1.165, 1.54) is 4.70 Å². The van der Waals surface area contributed by atoms with Gasteiger partial charge in [-0.1, -0.05) is 24.3 Å². The number of rotatable bonds is 4. The number of fused-ring (bicyclic) bond motifs is 2. The Morgan fingerprint density at radius 1 is 1.11 bits per heavy atom. The van der Waals surface area contributed by atoms with Crippen molar-refractivity contribution < 1.29 is 9.21 Å². The summed E-state index contributed by atoms with van der Waals surface area (Å²) in [7, 11) is 0. The minimum Gasteiger partial charge on any atom is -0.441 e. The summed E-state index contributed by atoms with van der Waals surface area (Å²) in [5.74, 6) is 0.777. The highest BCUT2D eigenvalue weighted by atomic mass is 32.1. The lowest BCUT2D eigenvalue weighted by Crippen LogP contribution is -2.30. The molecule has 3 heterocycles. The Bertz CT molecular complexity index is 1050. The Morgan fingerprint density at radius 2 is 1.93 bits per heavy atom. The molecule has 0 aliphatic carbocycles. The van der Waals surface area contributed by atoms with Gasteiger partial charge in [0, 0.05) is 19.4 Å². The van der Waals surface area contributed by atoms with Gasteiger partial charge < -0.3 is 9.32 Å². The van der Waals surface area contributed by atoms with Crippen LogP contribution in [0, 0.1) is 0 Å². The predicted molar refractivity (Wildman–Crippen MR) is 106 cm³/mol. The van der Waals surface area contributed by atoms with Crippen LogP contribution >= 0.6 is 11.3 Å². The van der Waals surface area contributed by atoms with Gasteiger partial charge in [-0.2, -0.15) is 0 Å². The number of thiazole rings is 1. The monoisotopic (exact) mass is 377 g/mol. The van der Waals surface area contributed by atoms with Crippen LogP contribution in [0.3, 0.4) is 0 Å². The fraction of sp³-hybridized carbons (Fsp3) is 0.286. The van der Waals surface area contributed by atoms with Crippen molar-refractivity contribution in [3.63, 3.8) is 0 Å². The zero-order valence-corrected chi connectivity index (χ0v) is 15.6. The Hall–Kier alpha value is -2.73. The maximum Gasteiger partial charge on any atom is 0.223 e. The molecule has 5 nitrogen and oxygen atoms in total. The van der Waals surface area contributed by atoms with Crippen molar-refractivity contribution in [3.8, 4) is 0 Å². The van der Waals surface area contributed by atoms with E-state index in [0.717, 1.165) is 41.0 Å². The zero-order valence-electron chi connectivity index (χ0n) is 14.8. The van der Waals surface area contributed by atoms with Crippen LogP contribution in [0.2, 0.25) is 0 Å². The summed E-state index contributed by atoms with van der Waals surface area (Å²) >= 11 is 1.70. The largest absolute Gasteiger partial charge is 0.441 e. The quantitative estimate of drug-likeness (QED) is 0.516. The molecule has 1 fully saturated rings. The molecule has 1 atom stereocenters. The van der Waals surface area contributed by atoms with Crippen LogP contribution in [0.1, 0.15) is 36.2 Å². The van der Waals surface area contributed by atoms with Gasteiger partial charge in [0.25, 0.3) is 0 Å². The lowest BCUT2D eigenvalue weighted by molar-refractivity contribution is -0.132. The molecular formula is C21H19N3O2S. The standard InChI is InChI=1S/C21H19N3O2S/c25-20(12-11-19-22-14-6-1-3-9-17(14)26-19)24-13-5-8-16(24)21-23-15-7-2-4-10-18(15)27-21/h1-4,6-7,9-10,16H,5,8,11-13H2/t16-/m0/s1. The van der Waals surface area contributed by atoms with Crippen LogP contribution in [0.4, 0.5) is 0 Å². The zero-order chi connectivity index (χ0) is 18.2. The van der Waals surface area contributed by atoms with E-state index in [4.69, 9.17) is 9.40 Å². The molecule has 2 aromatic heterocycles. The molecule has 0 N–H and O–H groups in total. The fourth-order valence-corrected chi connectivity index (χ4v) is 4.85. The van der Waals surface area contributed by atoms with Crippen LogP contribution in [0.5, 0.6) is 0 Å². The van der Waals surface area contributed by atoms with E-state index in [-0.39, 0.29) is 11.9 Å². The molecule has 1 amide bonds. The van der Waals surface area contributed by atoms with Gasteiger partial charge in [-0.15, -0.1) is 11.3 Å². The van der Waals surface area contributed by atoms with Gasteiger partial charge in [-0.05, 0) is 37.1 Å². The number of oxazole rings is 1. The molecule has 27 heavy (non-hydrogen) atoms. The Morgan fingerprint density at radius 3 is 2.78 bits per heavy atom. The molecule has 0 bridgehead atoms. The summed E-state index contributed by atoms with van der Waals surface area (Å²) in [6, 6.07) is 15.9. The van der Waals surface area contributed by atoms with Crippen molar-refractivity contribution in [1.29, 1.82) is 0 Å². The van der Waals surface area contributed by atoms with E-state index in [2.05, 4.69) is 11.1 Å². The normalized spacial score (nSPS) is 17.2. The molecule has 136 valence electrons. The number of carbonyl (C=O) groups excluding carboxylic acids is 1. The summed E-state index contributed by atoms with van der Waals surface area (Å²) in [4.78, 5) is 24.1. The number of aryl methyl sites for hydroxylation is 1. The van der Waals surface area contributed by atoms with E-state index in [9.17, 15) is 4.79 Å².